The molecular weight excluding hydrogens is 497 g/mol. The van der Waals surface area contributed by atoms with E-state index in [0.29, 0.717) is 35.7 Å². The van der Waals surface area contributed by atoms with Gasteiger partial charge in [-0.25, -0.2) is 4.79 Å². The third-order valence-electron chi connectivity index (χ3n) is 7.15. The normalized spacial score (nSPS) is 19.9. The van der Waals surface area contributed by atoms with Gasteiger partial charge in [0.1, 0.15) is 12.4 Å². The predicted octanol–water partition coefficient (Wildman–Crippen LogP) is 5.05. The average molecular weight is 527 g/mol. The van der Waals surface area contributed by atoms with Gasteiger partial charge in [-0.3, -0.25) is 0 Å². The van der Waals surface area contributed by atoms with Gasteiger partial charge in [-0.2, -0.15) is 13.2 Å². The standard InChI is InChI=1S/C28H29F3N4O3/c29-28(30,31)21-3-1-2-19(13-21)25-15-22(36)8-9-35(25)27(37)34-10-11-38-26-7-5-17(12-20(26)16-34)18-4-6-23(32)24(33)14-18/h1-7,12-14,22,25,36H,8-11,15-16,32-33H2. The number of carbonyl (C=O) groups is 1. The Morgan fingerprint density at radius 3 is 2.50 bits per heavy atom. The molecule has 2 aliphatic heterocycles. The Hall–Kier alpha value is -3.92. The molecule has 0 bridgehead atoms. The van der Waals surface area contributed by atoms with Gasteiger partial charge in [-0.15, -0.1) is 0 Å². The number of hydrogen-bond acceptors (Lipinski definition) is 5. The number of likely N-dealkylation sites (tertiary alicyclic amines) is 1. The van der Waals surface area contributed by atoms with Crippen molar-refractivity contribution in [2.45, 2.75) is 37.7 Å². The maximum atomic E-state index is 13.8. The lowest BCUT2D eigenvalue weighted by molar-refractivity contribution is -0.137. The van der Waals surface area contributed by atoms with E-state index in [2.05, 4.69) is 0 Å². The number of anilines is 2. The Morgan fingerprint density at radius 2 is 1.74 bits per heavy atom. The summed E-state index contributed by atoms with van der Waals surface area (Å²) in [6, 6.07) is 15.1. The number of aliphatic hydroxyl groups is 1. The van der Waals surface area contributed by atoms with Crippen molar-refractivity contribution >= 4 is 17.4 Å². The third kappa shape index (κ3) is 5.22. The van der Waals surface area contributed by atoms with Crippen molar-refractivity contribution < 1.29 is 27.8 Å². The number of carbonyl (C=O) groups excluding carboxylic acids is 1. The zero-order chi connectivity index (χ0) is 27.0. The van der Waals surface area contributed by atoms with E-state index < -0.39 is 23.9 Å². The maximum Gasteiger partial charge on any atom is 0.416 e. The molecule has 1 fully saturated rings. The first-order valence-electron chi connectivity index (χ1n) is 12.4. The number of nitrogens with two attached hydrogens (primary N) is 2. The number of nitrogen functional groups attached to an aromatic ring is 2. The van der Waals surface area contributed by atoms with Crippen LogP contribution in [0.1, 0.15) is 35.6 Å². The highest BCUT2D eigenvalue weighted by atomic mass is 19.4. The Balaban J connectivity index is 1.42. The summed E-state index contributed by atoms with van der Waals surface area (Å²) in [6.07, 6.45) is -4.69. The molecule has 10 heteroatoms. The topological polar surface area (TPSA) is 105 Å². The minimum atomic E-state index is -4.50. The van der Waals surface area contributed by atoms with E-state index in [4.69, 9.17) is 16.2 Å². The highest BCUT2D eigenvalue weighted by Crippen LogP contribution is 2.37. The Labute approximate surface area is 218 Å². The Morgan fingerprint density at radius 1 is 0.974 bits per heavy atom. The molecule has 5 N–H and O–H groups in total. The largest absolute Gasteiger partial charge is 0.491 e. The molecule has 38 heavy (non-hydrogen) atoms. The van der Waals surface area contributed by atoms with Gasteiger partial charge in [0.05, 0.1) is 42.2 Å². The van der Waals surface area contributed by atoms with Gasteiger partial charge in [-0.05, 0) is 65.9 Å². The number of piperidine rings is 1. The van der Waals surface area contributed by atoms with Crippen LogP contribution in [-0.4, -0.2) is 46.7 Å². The van der Waals surface area contributed by atoms with Crippen LogP contribution >= 0.6 is 0 Å². The number of halogens is 3. The summed E-state index contributed by atoms with van der Waals surface area (Å²) in [5, 5.41) is 10.3. The van der Waals surface area contributed by atoms with Gasteiger partial charge in [0.25, 0.3) is 0 Å². The summed E-state index contributed by atoms with van der Waals surface area (Å²) in [5.74, 6) is 0.663. The van der Waals surface area contributed by atoms with E-state index in [-0.39, 0.29) is 32.1 Å². The van der Waals surface area contributed by atoms with Gasteiger partial charge in [0, 0.05) is 12.1 Å². The molecule has 0 spiro atoms. The number of rotatable bonds is 2. The molecule has 5 rings (SSSR count). The van der Waals surface area contributed by atoms with Crippen LogP contribution in [0.15, 0.2) is 60.7 Å². The highest BCUT2D eigenvalue weighted by Gasteiger charge is 2.37. The molecule has 2 amide bonds. The van der Waals surface area contributed by atoms with E-state index >= 15 is 0 Å². The van der Waals surface area contributed by atoms with Crippen molar-refractivity contribution in [3.8, 4) is 16.9 Å². The average Bonchev–Trinajstić information content (AvgIpc) is 3.11. The summed E-state index contributed by atoms with van der Waals surface area (Å²) in [7, 11) is 0. The minimum absolute atomic E-state index is 0.163. The SMILES string of the molecule is Nc1ccc(-c2ccc3c(c2)CN(C(=O)N2CCC(O)CC2c2cccc(C(F)(F)F)c2)CCO3)cc1N. The third-order valence-corrected chi connectivity index (χ3v) is 7.15. The van der Waals surface area contributed by atoms with E-state index in [9.17, 15) is 23.1 Å². The highest BCUT2D eigenvalue weighted by molar-refractivity contribution is 5.77. The molecule has 2 aliphatic rings. The molecule has 3 aromatic rings. The molecule has 0 saturated carbocycles. The van der Waals surface area contributed by atoms with Crippen molar-refractivity contribution in [2.24, 2.45) is 0 Å². The molecule has 0 aromatic heterocycles. The molecule has 200 valence electrons. The number of hydrogen-bond donors (Lipinski definition) is 3. The second kappa shape index (κ2) is 10.1. The van der Waals surface area contributed by atoms with E-state index in [1.165, 1.54) is 6.07 Å². The van der Waals surface area contributed by atoms with Crippen molar-refractivity contribution in [1.29, 1.82) is 0 Å². The summed E-state index contributed by atoms with van der Waals surface area (Å²) in [4.78, 5) is 17.0. The fourth-order valence-electron chi connectivity index (χ4n) is 5.09. The lowest BCUT2D eigenvalue weighted by Gasteiger charge is -2.40. The number of urea groups is 1. The van der Waals surface area contributed by atoms with E-state index in [0.717, 1.165) is 28.8 Å². The lowest BCUT2D eigenvalue weighted by atomic mass is 9.92. The molecular formula is C28H29F3N4O3. The second-order valence-electron chi connectivity index (χ2n) is 9.73. The number of nitrogens with zero attached hydrogens (tertiary/aromatic N) is 2. The zero-order valence-electron chi connectivity index (χ0n) is 20.6. The van der Waals surface area contributed by atoms with Crippen LogP contribution in [0, 0.1) is 0 Å². The number of amides is 2. The fraction of sp³-hybridized carbons (Fsp3) is 0.321. The van der Waals surface area contributed by atoms with Gasteiger partial charge >= 0.3 is 12.2 Å². The minimum Gasteiger partial charge on any atom is -0.491 e. The van der Waals surface area contributed by atoms with Crippen LogP contribution in [0.3, 0.4) is 0 Å². The maximum absolute atomic E-state index is 13.8. The molecule has 2 heterocycles. The van der Waals surface area contributed by atoms with Crippen LogP contribution in [0.2, 0.25) is 0 Å². The molecule has 0 aliphatic carbocycles. The first-order valence-corrected chi connectivity index (χ1v) is 12.4. The zero-order valence-corrected chi connectivity index (χ0v) is 20.6. The van der Waals surface area contributed by atoms with Gasteiger partial charge < -0.3 is 31.1 Å². The van der Waals surface area contributed by atoms with Crippen molar-refractivity contribution in [3.63, 3.8) is 0 Å². The van der Waals surface area contributed by atoms with Crippen LogP contribution in [0.4, 0.5) is 29.3 Å². The smallest absolute Gasteiger partial charge is 0.416 e. The van der Waals surface area contributed by atoms with Crippen molar-refractivity contribution in [2.75, 3.05) is 31.2 Å². The number of fused-ring (bicyclic) bond motifs is 1. The van der Waals surface area contributed by atoms with E-state index in [1.807, 2.05) is 24.3 Å². The Kier molecular flexibility index (Phi) is 6.83. The number of ether oxygens (including phenoxy) is 1. The molecule has 3 aromatic carbocycles. The number of aliphatic hydroxyl groups excluding tert-OH is 1. The monoisotopic (exact) mass is 526 g/mol. The molecule has 7 nitrogen and oxygen atoms in total. The summed E-state index contributed by atoms with van der Waals surface area (Å²) >= 11 is 0. The first kappa shape index (κ1) is 25.7. The van der Waals surface area contributed by atoms with E-state index in [1.54, 1.807) is 28.0 Å². The Bertz CT molecular complexity index is 1350. The lowest BCUT2D eigenvalue weighted by Crippen LogP contribution is -2.49. The van der Waals surface area contributed by atoms with Crippen LogP contribution in [-0.2, 0) is 12.7 Å². The summed E-state index contributed by atoms with van der Waals surface area (Å²) < 4.78 is 46.0. The van der Waals surface area contributed by atoms with Crippen LogP contribution in [0.5, 0.6) is 5.75 Å². The van der Waals surface area contributed by atoms with Gasteiger partial charge in [0.2, 0.25) is 0 Å². The number of alkyl halides is 3. The number of benzene rings is 3. The molecule has 1 saturated heterocycles. The molecule has 2 atom stereocenters. The van der Waals surface area contributed by atoms with Crippen LogP contribution < -0.4 is 16.2 Å². The van der Waals surface area contributed by atoms with Crippen molar-refractivity contribution in [1.82, 2.24) is 9.80 Å². The first-order chi connectivity index (χ1) is 18.1. The van der Waals surface area contributed by atoms with Crippen molar-refractivity contribution in [3.05, 3.63) is 77.4 Å². The molecule has 0 radical (unpaired) electrons. The second-order valence-corrected chi connectivity index (χ2v) is 9.73. The fourth-order valence-corrected chi connectivity index (χ4v) is 5.09. The quantitative estimate of drug-likeness (QED) is 0.406. The van der Waals surface area contributed by atoms with Gasteiger partial charge in [0.15, 0.2) is 0 Å². The van der Waals surface area contributed by atoms with Gasteiger partial charge in [-0.1, -0.05) is 24.3 Å². The predicted molar refractivity (Wildman–Crippen MR) is 138 cm³/mol. The molecule has 2 unspecified atom stereocenters. The van der Waals surface area contributed by atoms with Crippen LogP contribution in [0.25, 0.3) is 11.1 Å². The summed E-state index contributed by atoms with van der Waals surface area (Å²) in [6.45, 7) is 1.08. The summed E-state index contributed by atoms with van der Waals surface area (Å²) in [5.41, 5.74) is 14.9.